The molecule has 1 unspecified atom stereocenters. The van der Waals surface area contributed by atoms with E-state index in [1.807, 2.05) is 12.2 Å². The van der Waals surface area contributed by atoms with E-state index < -0.39 is 37.1 Å². The minimum atomic E-state index is -3.53. The average Bonchev–Trinajstić information content (AvgIpc) is 3.29. The molecule has 0 saturated heterocycles. The summed E-state index contributed by atoms with van der Waals surface area (Å²) in [7, 11) is 0. The Kier molecular flexibility index (Phi) is 42.0. The summed E-state index contributed by atoms with van der Waals surface area (Å²) in [6, 6.07) is 0. The van der Waals surface area contributed by atoms with Crippen LogP contribution in [0.25, 0.3) is 0 Å². The zero-order valence-electron chi connectivity index (χ0n) is 46.1. The maximum Gasteiger partial charge on any atom is 0.306 e. The van der Waals surface area contributed by atoms with E-state index in [0.29, 0.717) is 25.7 Å². The van der Waals surface area contributed by atoms with Gasteiger partial charge in [0, 0.05) is 19.3 Å². The Bertz CT molecular complexity index is 1380. The molecule has 364 valence electrons. The predicted molar refractivity (Wildman–Crippen MR) is 270 cm³/mol. The molecule has 0 saturated carbocycles. The first-order chi connectivity index (χ1) is 32.9. The normalized spacial score (nSPS) is 14.6. The number of esters is 3. The first-order valence-electron chi connectivity index (χ1n) is 28.8. The Labute approximate surface area is 397 Å². The molecular formula is C57H100O6. The van der Waals surface area contributed by atoms with E-state index >= 15 is 0 Å². The van der Waals surface area contributed by atoms with Crippen LogP contribution < -0.4 is 0 Å². The molecule has 0 aromatic carbocycles. The lowest BCUT2D eigenvalue weighted by Crippen LogP contribution is -2.30. The minimum absolute atomic E-state index is 0.144. The molecule has 63 heavy (non-hydrogen) atoms. The van der Waals surface area contributed by atoms with Crippen molar-refractivity contribution in [3.8, 4) is 0 Å². The summed E-state index contributed by atoms with van der Waals surface area (Å²) in [5.74, 6) is -3.04. The Morgan fingerprint density at radius 2 is 0.635 bits per heavy atom. The smallest absolute Gasteiger partial charge is 0.306 e. The standard InChI is InChI=1S/C57H100O6/c1-4-7-10-13-16-19-22-25-27-28-30-33-36-39-42-45-48-51-57(60)63-54(52-61-55(58)49-46-43-40-37-34-31-24-21-18-15-12-9-6-3)53-62-56(59)50-47-44-41-38-35-32-29-26-23-20-17-14-11-8-5-2/h16,19,25-27,29-30,33,39,42,54H,4-15,17-18,20-24,28,31-32,34-38,40-41,43-53H2,1-3H3/b19-16-,27-25-,29-26-,33-30-,42-39-/i52D2,53D2,54D. The fraction of sp³-hybridized carbons (Fsp3) is 0.772. The van der Waals surface area contributed by atoms with Gasteiger partial charge in [-0.2, -0.15) is 0 Å². The second kappa shape index (κ2) is 51.7. The molecule has 6 heteroatoms. The molecule has 0 N–H and O–H groups in total. The molecule has 0 bridgehead atoms. The first-order valence-corrected chi connectivity index (χ1v) is 26.3. The summed E-state index contributed by atoms with van der Waals surface area (Å²) in [6.07, 6.45) is 53.9. The topological polar surface area (TPSA) is 78.9 Å². The summed E-state index contributed by atoms with van der Waals surface area (Å²) < 4.78 is 58.8. The zero-order chi connectivity index (χ0) is 50.3. The van der Waals surface area contributed by atoms with Crippen LogP contribution in [0.3, 0.4) is 0 Å². The number of rotatable bonds is 48. The van der Waals surface area contributed by atoms with Crippen LogP contribution in [0.4, 0.5) is 0 Å². The van der Waals surface area contributed by atoms with Gasteiger partial charge in [-0.25, -0.2) is 0 Å². The van der Waals surface area contributed by atoms with E-state index in [1.54, 1.807) is 0 Å². The van der Waals surface area contributed by atoms with Crippen molar-refractivity contribution in [1.29, 1.82) is 0 Å². The number of carbonyl (C=O) groups excluding carboxylic acids is 3. The number of carbonyl (C=O) groups is 3. The Morgan fingerprint density at radius 3 is 1.03 bits per heavy atom. The van der Waals surface area contributed by atoms with Gasteiger partial charge in [-0.05, 0) is 83.5 Å². The van der Waals surface area contributed by atoms with Crippen LogP contribution in [-0.2, 0) is 28.6 Å². The molecule has 0 aromatic heterocycles. The van der Waals surface area contributed by atoms with Crippen molar-refractivity contribution in [3.63, 3.8) is 0 Å². The number of unbranched alkanes of at least 4 members (excludes halogenated alkanes) is 27. The molecule has 0 aliphatic heterocycles. The lowest BCUT2D eigenvalue weighted by Gasteiger charge is -2.18. The van der Waals surface area contributed by atoms with Crippen LogP contribution in [0.15, 0.2) is 60.8 Å². The molecule has 0 radical (unpaired) electrons. The highest BCUT2D eigenvalue weighted by Crippen LogP contribution is 2.15. The van der Waals surface area contributed by atoms with Crippen molar-refractivity contribution in [3.05, 3.63) is 60.8 Å². The third kappa shape index (κ3) is 50.0. The van der Waals surface area contributed by atoms with Crippen molar-refractivity contribution in [2.24, 2.45) is 0 Å². The molecule has 0 aliphatic rings. The lowest BCUT2D eigenvalue weighted by molar-refractivity contribution is -0.167. The molecule has 0 aliphatic carbocycles. The quantitative estimate of drug-likeness (QED) is 0.0262. The summed E-state index contributed by atoms with van der Waals surface area (Å²) >= 11 is 0. The second-order valence-corrected chi connectivity index (χ2v) is 17.3. The SMILES string of the molecule is [2H]C([2H])(OC(=O)CCCCCCC/C=C\CCCCCCCC)C([2H])(OC(=O)CCC/C=C\C/C=C\C/C=C\C/C=C\CCCCC)C([2H])([2H])OC(=O)CCCCCCCCCCCCCCC. The second-order valence-electron chi connectivity index (χ2n) is 17.3. The first kappa shape index (κ1) is 51.1. The highest BCUT2D eigenvalue weighted by molar-refractivity contribution is 5.71. The molecule has 0 amide bonds. The average molecular weight is 886 g/mol. The summed E-state index contributed by atoms with van der Waals surface area (Å²) in [4.78, 5) is 39.0. The van der Waals surface area contributed by atoms with E-state index in [1.165, 1.54) is 109 Å². The number of hydrogen-bond acceptors (Lipinski definition) is 6. The predicted octanol–water partition coefficient (Wildman–Crippen LogP) is 17.6. The highest BCUT2D eigenvalue weighted by Gasteiger charge is 2.19. The van der Waals surface area contributed by atoms with Crippen molar-refractivity contribution < 1.29 is 35.4 Å². The van der Waals surface area contributed by atoms with E-state index in [2.05, 4.69) is 69.4 Å². The molecule has 6 nitrogen and oxygen atoms in total. The molecule has 1 atom stereocenters. The van der Waals surface area contributed by atoms with Crippen molar-refractivity contribution in [2.45, 2.75) is 271 Å². The van der Waals surface area contributed by atoms with Gasteiger partial charge in [-0.3, -0.25) is 14.4 Å². The van der Waals surface area contributed by atoms with Gasteiger partial charge in [0.15, 0.2) is 6.08 Å². The Balaban J connectivity index is 5.12. The third-order valence-electron chi connectivity index (χ3n) is 11.1. The van der Waals surface area contributed by atoms with Crippen LogP contribution >= 0.6 is 0 Å². The van der Waals surface area contributed by atoms with Gasteiger partial charge in [0.25, 0.3) is 0 Å². The van der Waals surface area contributed by atoms with Gasteiger partial charge >= 0.3 is 17.9 Å². The van der Waals surface area contributed by atoms with E-state index in [9.17, 15) is 14.4 Å². The van der Waals surface area contributed by atoms with Gasteiger partial charge in [0.05, 0.1) is 6.85 Å². The summed E-state index contributed by atoms with van der Waals surface area (Å²) in [6.45, 7) is -0.289. The molecule has 0 rings (SSSR count). The molecule has 0 fully saturated rings. The van der Waals surface area contributed by atoms with Gasteiger partial charge in [0.1, 0.15) is 13.1 Å². The van der Waals surface area contributed by atoms with Crippen molar-refractivity contribution >= 4 is 17.9 Å². The monoisotopic (exact) mass is 886 g/mol. The minimum Gasteiger partial charge on any atom is -0.462 e. The van der Waals surface area contributed by atoms with E-state index in [0.717, 1.165) is 89.9 Å². The van der Waals surface area contributed by atoms with Gasteiger partial charge in [-0.15, -0.1) is 0 Å². The van der Waals surface area contributed by atoms with Crippen molar-refractivity contribution in [2.75, 3.05) is 13.1 Å². The molecule has 0 heterocycles. The largest absolute Gasteiger partial charge is 0.462 e. The van der Waals surface area contributed by atoms with Crippen LogP contribution in [0.2, 0.25) is 0 Å². The van der Waals surface area contributed by atoms with Crippen LogP contribution in [0, 0.1) is 0 Å². The summed E-state index contributed by atoms with van der Waals surface area (Å²) in [5, 5.41) is 0. The molecule has 0 aromatic rings. The maximum atomic E-state index is 13.1. The highest BCUT2D eigenvalue weighted by atomic mass is 16.6. The van der Waals surface area contributed by atoms with Crippen LogP contribution in [0.1, 0.15) is 272 Å². The van der Waals surface area contributed by atoms with Crippen LogP contribution in [0.5, 0.6) is 0 Å². The third-order valence-corrected chi connectivity index (χ3v) is 11.1. The fourth-order valence-corrected chi connectivity index (χ4v) is 7.09. The lowest BCUT2D eigenvalue weighted by atomic mass is 10.0. The Hall–Kier alpha value is -2.89. The van der Waals surface area contributed by atoms with Crippen LogP contribution in [-0.4, -0.2) is 37.1 Å². The number of ether oxygens (including phenoxy) is 3. The van der Waals surface area contributed by atoms with Gasteiger partial charge in [0.2, 0.25) is 0 Å². The fourth-order valence-electron chi connectivity index (χ4n) is 7.09. The van der Waals surface area contributed by atoms with E-state index in [-0.39, 0.29) is 19.3 Å². The van der Waals surface area contributed by atoms with Crippen molar-refractivity contribution in [1.82, 2.24) is 0 Å². The zero-order valence-corrected chi connectivity index (χ0v) is 41.1. The van der Waals surface area contributed by atoms with E-state index in [4.69, 9.17) is 21.1 Å². The molecular weight excluding hydrogens is 781 g/mol. The van der Waals surface area contributed by atoms with Gasteiger partial charge in [-0.1, -0.05) is 223 Å². The number of allylic oxidation sites excluding steroid dienone is 10. The molecule has 0 spiro atoms. The summed E-state index contributed by atoms with van der Waals surface area (Å²) in [5.41, 5.74) is 0. The Morgan fingerprint density at radius 1 is 0.365 bits per heavy atom. The number of hydrogen-bond donors (Lipinski definition) is 0. The maximum absolute atomic E-state index is 13.1. The van der Waals surface area contributed by atoms with Gasteiger partial charge < -0.3 is 14.2 Å².